The molecule has 0 radical (unpaired) electrons. The summed E-state index contributed by atoms with van der Waals surface area (Å²) in [5.74, 6) is -0.749. The summed E-state index contributed by atoms with van der Waals surface area (Å²) < 4.78 is 27.8. The summed E-state index contributed by atoms with van der Waals surface area (Å²) in [6, 6.07) is 15.0. The summed E-state index contributed by atoms with van der Waals surface area (Å²) in [5.41, 5.74) is 2.46. The number of benzene rings is 2. The van der Waals surface area contributed by atoms with Gasteiger partial charge in [0.15, 0.2) is 0 Å². The minimum Gasteiger partial charge on any atom is -0.353 e. The van der Waals surface area contributed by atoms with Gasteiger partial charge in [0.1, 0.15) is 11.6 Å². The van der Waals surface area contributed by atoms with E-state index in [4.69, 9.17) is 0 Å². The number of thiophene rings is 1. The van der Waals surface area contributed by atoms with Gasteiger partial charge < -0.3 is 5.32 Å². The van der Waals surface area contributed by atoms with Crippen molar-refractivity contribution in [3.05, 3.63) is 106 Å². The van der Waals surface area contributed by atoms with E-state index in [1.165, 1.54) is 29.8 Å². The lowest BCUT2D eigenvalue weighted by Crippen LogP contribution is -2.22. The standard InChI is InChI=1S/C26H25F2NOS/c27-23-8-3-6-20(15-23)26(21-7-4-9-24(28)16-21)17-22(26)10-11-25(30)29-13-2-1-5-19-12-14-31-18-19/h3-4,6-12,14-16,18,22H,1-2,5,13,17H2,(H,29,30)/b11-10+/t22-/m1/s1. The maximum Gasteiger partial charge on any atom is 0.243 e. The van der Waals surface area contributed by atoms with Crippen LogP contribution < -0.4 is 5.32 Å². The number of unbranched alkanes of at least 4 members (excludes halogenated alkanes) is 1. The van der Waals surface area contributed by atoms with Crippen molar-refractivity contribution in [1.29, 1.82) is 0 Å². The van der Waals surface area contributed by atoms with Crippen LogP contribution in [0.15, 0.2) is 77.5 Å². The van der Waals surface area contributed by atoms with Crippen LogP contribution in [0.3, 0.4) is 0 Å². The number of carbonyl (C=O) groups excluding carboxylic acids is 1. The molecule has 0 saturated heterocycles. The first-order chi connectivity index (χ1) is 15.1. The van der Waals surface area contributed by atoms with Crippen molar-refractivity contribution in [3.8, 4) is 0 Å². The molecule has 0 unspecified atom stereocenters. The van der Waals surface area contributed by atoms with Crippen molar-refractivity contribution < 1.29 is 13.6 Å². The van der Waals surface area contributed by atoms with E-state index in [1.807, 2.05) is 18.2 Å². The fourth-order valence-electron chi connectivity index (χ4n) is 4.25. The largest absolute Gasteiger partial charge is 0.353 e. The van der Waals surface area contributed by atoms with Crippen LogP contribution in [0.1, 0.15) is 36.0 Å². The second kappa shape index (κ2) is 9.56. The lowest BCUT2D eigenvalue weighted by Gasteiger charge is -2.18. The molecule has 0 spiro atoms. The van der Waals surface area contributed by atoms with Crippen molar-refractivity contribution in [2.45, 2.75) is 31.1 Å². The van der Waals surface area contributed by atoms with Gasteiger partial charge in [-0.2, -0.15) is 11.3 Å². The summed E-state index contributed by atoms with van der Waals surface area (Å²) in [6.07, 6.45) is 7.13. The molecule has 1 N–H and O–H groups in total. The van der Waals surface area contributed by atoms with Gasteiger partial charge in [0.2, 0.25) is 5.91 Å². The van der Waals surface area contributed by atoms with Crippen LogP contribution in [0.4, 0.5) is 8.78 Å². The molecular weight excluding hydrogens is 412 g/mol. The quantitative estimate of drug-likeness (QED) is 0.321. The zero-order valence-electron chi connectivity index (χ0n) is 17.2. The van der Waals surface area contributed by atoms with E-state index in [2.05, 4.69) is 22.1 Å². The molecule has 1 heterocycles. The number of allylic oxidation sites excluding steroid dienone is 1. The molecule has 0 aliphatic heterocycles. The van der Waals surface area contributed by atoms with Gasteiger partial charge >= 0.3 is 0 Å². The lowest BCUT2D eigenvalue weighted by atomic mass is 9.85. The Morgan fingerprint density at radius 1 is 1.06 bits per heavy atom. The van der Waals surface area contributed by atoms with Gasteiger partial charge in [0.25, 0.3) is 0 Å². The maximum absolute atomic E-state index is 13.9. The Hall–Kier alpha value is -2.79. The molecule has 31 heavy (non-hydrogen) atoms. The number of halogens is 2. The van der Waals surface area contributed by atoms with Crippen LogP contribution in [-0.2, 0) is 16.6 Å². The molecule has 2 aromatic carbocycles. The van der Waals surface area contributed by atoms with Crippen molar-refractivity contribution in [2.75, 3.05) is 6.54 Å². The zero-order chi connectivity index (χ0) is 21.7. The Labute approximate surface area is 185 Å². The SMILES string of the molecule is O=C(/C=C/[C@@H]1CC1(c1cccc(F)c1)c1cccc(F)c1)NCCCCc1ccsc1. The third-order valence-corrected chi connectivity index (χ3v) is 6.68. The highest BCUT2D eigenvalue weighted by atomic mass is 32.1. The van der Waals surface area contributed by atoms with E-state index < -0.39 is 5.41 Å². The van der Waals surface area contributed by atoms with E-state index >= 15 is 0 Å². The minimum absolute atomic E-state index is 0.0143. The number of amides is 1. The van der Waals surface area contributed by atoms with Crippen LogP contribution >= 0.6 is 11.3 Å². The molecule has 1 amide bonds. The zero-order valence-corrected chi connectivity index (χ0v) is 18.0. The first-order valence-electron chi connectivity index (χ1n) is 10.6. The maximum atomic E-state index is 13.9. The summed E-state index contributed by atoms with van der Waals surface area (Å²) in [5, 5.41) is 7.16. The highest BCUT2D eigenvalue weighted by Crippen LogP contribution is 2.59. The molecule has 1 aliphatic rings. The number of rotatable bonds is 9. The van der Waals surface area contributed by atoms with Crippen LogP contribution in [0.25, 0.3) is 0 Å². The smallest absolute Gasteiger partial charge is 0.243 e. The van der Waals surface area contributed by atoms with E-state index in [0.717, 1.165) is 30.4 Å². The summed E-state index contributed by atoms with van der Waals surface area (Å²) in [7, 11) is 0. The average Bonchev–Trinajstić information content (AvgIpc) is 3.27. The molecule has 2 nitrogen and oxygen atoms in total. The Kier molecular flexibility index (Phi) is 6.62. The third-order valence-electron chi connectivity index (χ3n) is 5.95. The van der Waals surface area contributed by atoms with Crippen LogP contribution in [0.5, 0.6) is 0 Å². The van der Waals surface area contributed by atoms with Crippen molar-refractivity contribution in [1.82, 2.24) is 5.32 Å². The lowest BCUT2D eigenvalue weighted by molar-refractivity contribution is -0.116. The van der Waals surface area contributed by atoms with Gasteiger partial charge in [-0.3, -0.25) is 4.79 Å². The predicted octanol–water partition coefficient (Wildman–Crippen LogP) is 6.03. The van der Waals surface area contributed by atoms with Crippen LogP contribution in [0, 0.1) is 17.6 Å². The Bertz CT molecular complexity index is 1020. The fraction of sp³-hybridized carbons (Fsp3) is 0.269. The van der Waals surface area contributed by atoms with Gasteiger partial charge in [-0.15, -0.1) is 0 Å². The van der Waals surface area contributed by atoms with E-state index in [0.29, 0.717) is 13.0 Å². The molecule has 160 valence electrons. The van der Waals surface area contributed by atoms with E-state index in [1.54, 1.807) is 29.5 Å². The van der Waals surface area contributed by atoms with Crippen molar-refractivity contribution in [2.24, 2.45) is 5.92 Å². The normalized spacial score (nSPS) is 17.0. The second-order valence-corrected chi connectivity index (χ2v) is 8.82. The Morgan fingerprint density at radius 2 is 1.77 bits per heavy atom. The first-order valence-corrected chi connectivity index (χ1v) is 11.5. The van der Waals surface area contributed by atoms with E-state index in [9.17, 15) is 13.6 Å². The minimum atomic E-state index is -0.498. The van der Waals surface area contributed by atoms with Gasteiger partial charge in [-0.05, 0) is 95.5 Å². The summed E-state index contributed by atoms with van der Waals surface area (Å²) >= 11 is 1.70. The number of carbonyl (C=O) groups is 1. The van der Waals surface area contributed by atoms with Gasteiger partial charge in [0, 0.05) is 12.0 Å². The van der Waals surface area contributed by atoms with Crippen LogP contribution in [-0.4, -0.2) is 12.5 Å². The molecule has 1 saturated carbocycles. The molecule has 1 atom stereocenters. The Balaban J connectivity index is 1.37. The number of aryl methyl sites for hydroxylation is 1. The molecule has 0 bridgehead atoms. The average molecular weight is 438 g/mol. The molecule has 1 aromatic heterocycles. The molecule has 3 aromatic rings. The second-order valence-electron chi connectivity index (χ2n) is 8.04. The monoisotopic (exact) mass is 437 g/mol. The molecule has 5 heteroatoms. The van der Waals surface area contributed by atoms with E-state index in [-0.39, 0.29) is 23.5 Å². The van der Waals surface area contributed by atoms with Gasteiger partial charge in [0.05, 0.1) is 0 Å². The third kappa shape index (κ3) is 5.10. The van der Waals surface area contributed by atoms with Crippen molar-refractivity contribution in [3.63, 3.8) is 0 Å². The first kappa shape index (κ1) is 21.4. The molecular formula is C26H25F2NOS. The predicted molar refractivity (Wildman–Crippen MR) is 121 cm³/mol. The summed E-state index contributed by atoms with van der Waals surface area (Å²) in [4.78, 5) is 12.2. The number of hydrogen-bond acceptors (Lipinski definition) is 2. The topological polar surface area (TPSA) is 29.1 Å². The number of hydrogen-bond donors (Lipinski definition) is 1. The highest BCUT2D eigenvalue weighted by molar-refractivity contribution is 7.07. The van der Waals surface area contributed by atoms with Crippen LogP contribution in [0.2, 0.25) is 0 Å². The Morgan fingerprint density at radius 3 is 2.39 bits per heavy atom. The van der Waals surface area contributed by atoms with Gasteiger partial charge in [-0.1, -0.05) is 30.3 Å². The molecule has 4 rings (SSSR count). The fourth-order valence-corrected chi connectivity index (χ4v) is 4.95. The highest BCUT2D eigenvalue weighted by Gasteiger charge is 2.55. The van der Waals surface area contributed by atoms with Gasteiger partial charge in [-0.25, -0.2) is 8.78 Å². The molecule has 1 fully saturated rings. The molecule has 1 aliphatic carbocycles. The number of nitrogens with one attached hydrogen (secondary N) is 1. The summed E-state index contributed by atoms with van der Waals surface area (Å²) in [6.45, 7) is 0.636. The van der Waals surface area contributed by atoms with Crippen molar-refractivity contribution >= 4 is 17.2 Å².